The molecule has 1 rings (SSSR count). The molecule has 1 aliphatic heterocycles. The van der Waals surface area contributed by atoms with Crippen LogP contribution in [0.3, 0.4) is 0 Å². The molecule has 2 unspecified atom stereocenters. The van der Waals surface area contributed by atoms with E-state index < -0.39 is 11.5 Å². The van der Waals surface area contributed by atoms with Crippen LogP contribution in [0.4, 0.5) is 0 Å². The van der Waals surface area contributed by atoms with Gasteiger partial charge in [-0.05, 0) is 0 Å². The largest absolute Gasteiger partial charge is 0.368 e. The summed E-state index contributed by atoms with van der Waals surface area (Å²) in [5, 5.41) is 2.50. The SMILES string of the molecule is NC1=NC(Cl)C(NC=O)C(Cl)=N1. The Hall–Kier alpha value is -0.810. The molecule has 2 atom stereocenters. The first-order valence-corrected chi connectivity index (χ1v) is 3.87. The monoisotopic (exact) mass is 208 g/mol. The van der Waals surface area contributed by atoms with Gasteiger partial charge in [-0.2, -0.15) is 0 Å². The number of amides is 1. The van der Waals surface area contributed by atoms with Gasteiger partial charge in [0.25, 0.3) is 0 Å². The Morgan fingerprint density at radius 2 is 2.33 bits per heavy atom. The quantitative estimate of drug-likeness (QED) is 0.369. The third-order valence-electron chi connectivity index (χ3n) is 1.26. The third-order valence-corrected chi connectivity index (χ3v) is 1.93. The number of hydrogen-bond acceptors (Lipinski definition) is 4. The van der Waals surface area contributed by atoms with Crippen molar-refractivity contribution < 1.29 is 4.79 Å². The molecule has 0 aromatic rings. The zero-order valence-electron chi connectivity index (χ0n) is 5.87. The standard InChI is InChI=1S/C5H6Cl2N4O/c6-3-2(9-1-12)4(7)11-5(8)10-3/h1-3H,(H2,8,10)(H,9,12). The lowest BCUT2D eigenvalue weighted by Gasteiger charge is -2.20. The summed E-state index contributed by atoms with van der Waals surface area (Å²) in [4.78, 5) is 17.4. The van der Waals surface area contributed by atoms with Crippen molar-refractivity contribution in [2.75, 3.05) is 0 Å². The van der Waals surface area contributed by atoms with Crippen LogP contribution in [0.25, 0.3) is 0 Å². The lowest BCUT2D eigenvalue weighted by atomic mass is 10.3. The number of hydrogen-bond donors (Lipinski definition) is 2. The van der Waals surface area contributed by atoms with E-state index in [0.29, 0.717) is 6.41 Å². The van der Waals surface area contributed by atoms with E-state index in [0.717, 1.165) is 0 Å². The molecule has 0 saturated carbocycles. The fourth-order valence-electron chi connectivity index (χ4n) is 0.744. The summed E-state index contributed by atoms with van der Waals surface area (Å²) in [6, 6.07) is -0.585. The fraction of sp³-hybridized carbons (Fsp3) is 0.400. The number of aliphatic imine (C=N–C) groups is 2. The molecule has 0 fully saturated rings. The normalized spacial score (nSPS) is 28.8. The molecule has 0 aromatic carbocycles. The average molecular weight is 209 g/mol. The summed E-state index contributed by atoms with van der Waals surface area (Å²) >= 11 is 11.3. The average Bonchev–Trinajstić information content (AvgIpc) is 1.96. The van der Waals surface area contributed by atoms with Crippen LogP contribution in [0.1, 0.15) is 0 Å². The number of nitrogens with two attached hydrogens (primary N) is 1. The highest BCUT2D eigenvalue weighted by Gasteiger charge is 2.26. The molecule has 7 heteroatoms. The van der Waals surface area contributed by atoms with E-state index in [9.17, 15) is 4.79 Å². The van der Waals surface area contributed by atoms with Crippen molar-refractivity contribution >= 4 is 40.7 Å². The zero-order valence-corrected chi connectivity index (χ0v) is 7.38. The molecule has 0 aliphatic carbocycles. The number of carbonyl (C=O) groups excluding carboxylic acids is 1. The summed E-state index contributed by atoms with van der Waals surface area (Å²) < 4.78 is 0. The van der Waals surface area contributed by atoms with Crippen LogP contribution in [0.5, 0.6) is 0 Å². The number of guanidine groups is 1. The molecule has 0 saturated heterocycles. The van der Waals surface area contributed by atoms with Gasteiger partial charge in [-0.15, -0.1) is 0 Å². The first-order chi connectivity index (χ1) is 5.65. The second-order valence-corrected chi connectivity index (χ2v) is 2.89. The molecule has 3 N–H and O–H groups in total. The first-order valence-electron chi connectivity index (χ1n) is 3.06. The summed E-state index contributed by atoms with van der Waals surface area (Å²) in [7, 11) is 0. The Morgan fingerprint density at radius 1 is 1.67 bits per heavy atom. The van der Waals surface area contributed by atoms with Crippen molar-refractivity contribution in [1.82, 2.24) is 5.32 Å². The number of alkyl halides is 1. The molecule has 1 heterocycles. The Bertz CT molecular complexity index is 252. The fourth-order valence-corrected chi connectivity index (χ4v) is 1.37. The predicted molar refractivity (Wildman–Crippen MR) is 47.5 cm³/mol. The second kappa shape index (κ2) is 3.73. The van der Waals surface area contributed by atoms with E-state index in [2.05, 4.69) is 15.3 Å². The third kappa shape index (κ3) is 1.86. The van der Waals surface area contributed by atoms with Gasteiger partial charge >= 0.3 is 0 Å². The van der Waals surface area contributed by atoms with Crippen molar-refractivity contribution in [2.24, 2.45) is 15.7 Å². The number of nitrogens with one attached hydrogen (secondary N) is 1. The maximum atomic E-state index is 10.1. The van der Waals surface area contributed by atoms with Crippen LogP contribution in [0.2, 0.25) is 0 Å². The zero-order chi connectivity index (χ0) is 9.14. The van der Waals surface area contributed by atoms with Crippen LogP contribution >= 0.6 is 23.2 Å². The molecule has 1 amide bonds. The van der Waals surface area contributed by atoms with E-state index in [1.807, 2.05) is 0 Å². The Labute approximate surface area is 78.6 Å². The van der Waals surface area contributed by atoms with Gasteiger partial charge in [0.15, 0.2) is 5.50 Å². The number of halogens is 2. The van der Waals surface area contributed by atoms with Crippen molar-refractivity contribution in [1.29, 1.82) is 0 Å². The van der Waals surface area contributed by atoms with Gasteiger partial charge < -0.3 is 11.1 Å². The lowest BCUT2D eigenvalue weighted by Crippen LogP contribution is -2.44. The smallest absolute Gasteiger partial charge is 0.218 e. The first kappa shape index (κ1) is 9.28. The number of rotatable bonds is 2. The van der Waals surface area contributed by atoms with Gasteiger partial charge in [0.2, 0.25) is 12.4 Å². The maximum absolute atomic E-state index is 10.1. The van der Waals surface area contributed by atoms with Crippen LogP contribution < -0.4 is 11.1 Å². The highest BCUT2D eigenvalue weighted by Crippen LogP contribution is 2.13. The lowest BCUT2D eigenvalue weighted by molar-refractivity contribution is -0.109. The van der Waals surface area contributed by atoms with Crippen LogP contribution in [0, 0.1) is 0 Å². The molecular weight excluding hydrogens is 203 g/mol. The van der Waals surface area contributed by atoms with Crippen molar-refractivity contribution in [3.05, 3.63) is 0 Å². The number of nitrogens with zero attached hydrogens (tertiary/aromatic N) is 2. The highest BCUT2D eigenvalue weighted by atomic mass is 35.5. The highest BCUT2D eigenvalue weighted by molar-refractivity contribution is 6.68. The van der Waals surface area contributed by atoms with Gasteiger partial charge in [0.1, 0.15) is 11.2 Å². The van der Waals surface area contributed by atoms with E-state index in [1.54, 1.807) is 0 Å². The van der Waals surface area contributed by atoms with E-state index >= 15 is 0 Å². The molecule has 66 valence electrons. The molecule has 0 radical (unpaired) electrons. The van der Waals surface area contributed by atoms with Gasteiger partial charge in [0.05, 0.1) is 0 Å². The van der Waals surface area contributed by atoms with E-state index in [1.165, 1.54) is 0 Å². The minimum atomic E-state index is -0.694. The molecule has 12 heavy (non-hydrogen) atoms. The van der Waals surface area contributed by atoms with Crippen LogP contribution in [-0.4, -0.2) is 29.1 Å². The Kier molecular flexibility index (Phi) is 2.88. The summed E-state index contributed by atoms with van der Waals surface area (Å²) in [5.74, 6) is 0.0175. The topological polar surface area (TPSA) is 79.8 Å². The van der Waals surface area contributed by atoms with Gasteiger partial charge in [-0.3, -0.25) is 4.79 Å². The van der Waals surface area contributed by atoms with Crippen LogP contribution in [0.15, 0.2) is 9.98 Å². The van der Waals surface area contributed by atoms with Gasteiger partial charge in [0, 0.05) is 0 Å². The predicted octanol–water partition coefficient (Wildman–Crippen LogP) is -0.369. The molecule has 5 nitrogen and oxygen atoms in total. The minimum Gasteiger partial charge on any atom is -0.368 e. The Morgan fingerprint density at radius 3 is 2.83 bits per heavy atom. The molecule has 0 spiro atoms. The second-order valence-electron chi connectivity index (χ2n) is 2.06. The molecule has 0 bridgehead atoms. The molecule has 0 aromatic heterocycles. The molecular formula is C5H6Cl2N4O. The minimum absolute atomic E-state index is 0.0175. The van der Waals surface area contributed by atoms with E-state index in [-0.39, 0.29) is 11.1 Å². The summed E-state index contributed by atoms with van der Waals surface area (Å²) in [6.45, 7) is 0. The van der Waals surface area contributed by atoms with Crippen LogP contribution in [-0.2, 0) is 4.79 Å². The van der Waals surface area contributed by atoms with Gasteiger partial charge in [-0.1, -0.05) is 23.2 Å². The summed E-state index contributed by atoms with van der Waals surface area (Å²) in [5.41, 5.74) is 4.56. The van der Waals surface area contributed by atoms with Crippen molar-refractivity contribution in [3.8, 4) is 0 Å². The summed E-state index contributed by atoms with van der Waals surface area (Å²) in [6.07, 6.45) is 0.481. The molecule has 1 aliphatic rings. The van der Waals surface area contributed by atoms with Crippen molar-refractivity contribution in [3.63, 3.8) is 0 Å². The Balaban J connectivity index is 2.79. The number of carbonyl (C=O) groups is 1. The maximum Gasteiger partial charge on any atom is 0.218 e. The van der Waals surface area contributed by atoms with Crippen molar-refractivity contribution in [2.45, 2.75) is 11.5 Å². The van der Waals surface area contributed by atoms with E-state index in [4.69, 9.17) is 28.9 Å². The van der Waals surface area contributed by atoms with Gasteiger partial charge in [-0.25, -0.2) is 9.98 Å².